The maximum absolute atomic E-state index is 13.5. The average Bonchev–Trinajstić information content (AvgIpc) is 3.06. The molecule has 1 aromatic carbocycles. The van der Waals surface area contributed by atoms with E-state index in [2.05, 4.69) is 5.32 Å². The number of hydrogen-bond donors (Lipinski definition) is 2. The minimum atomic E-state index is -4.69. The third-order valence-electron chi connectivity index (χ3n) is 6.55. The van der Waals surface area contributed by atoms with Gasteiger partial charge >= 0.3 is 12.1 Å². The number of halogens is 3. The maximum atomic E-state index is 13.5. The number of hydrogen-bond acceptors (Lipinski definition) is 3. The van der Waals surface area contributed by atoms with E-state index < -0.39 is 23.3 Å². The Balaban J connectivity index is 1.80. The minimum Gasteiger partial charge on any atom is -0.478 e. The van der Waals surface area contributed by atoms with Crippen molar-refractivity contribution in [3.63, 3.8) is 0 Å². The van der Waals surface area contributed by atoms with Crippen molar-refractivity contribution in [3.05, 3.63) is 46.6 Å². The van der Waals surface area contributed by atoms with Crippen molar-refractivity contribution in [1.29, 1.82) is 0 Å². The molecule has 2 heterocycles. The topological polar surface area (TPSA) is 80.6 Å². The van der Waals surface area contributed by atoms with Crippen molar-refractivity contribution in [2.45, 2.75) is 57.8 Å². The van der Waals surface area contributed by atoms with Crippen molar-refractivity contribution in [1.82, 2.24) is 9.88 Å². The number of alkyl halides is 3. The van der Waals surface area contributed by atoms with Crippen molar-refractivity contribution in [3.8, 4) is 11.3 Å². The molecule has 6 nitrogen and oxygen atoms in total. The van der Waals surface area contributed by atoms with Gasteiger partial charge in [-0.15, -0.1) is 0 Å². The van der Waals surface area contributed by atoms with Crippen LogP contribution in [0.15, 0.2) is 24.3 Å². The van der Waals surface area contributed by atoms with Gasteiger partial charge in [0.2, 0.25) is 0 Å². The maximum Gasteiger partial charge on any atom is 0.416 e. The third kappa shape index (κ3) is 5.08. The molecule has 1 aliphatic heterocycles. The molecule has 0 atom stereocenters. The molecule has 1 saturated heterocycles. The number of rotatable bonds is 6. The van der Waals surface area contributed by atoms with Crippen molar-refractivity contribution in [2.24, 2.45) is 5.92 Å². The fourth-order valence-corrected chi connectivity index (χ4v) is 4.62. The predicted octanol–water partition coefficient (Wildman–Crippen LogP) is 4.89. The lowest BCUT2D eigenvalue weighted by atomic mass is 9.89. The summed E-state index contributed by atoms with van der Waals surface area (Å²) in [5.41, 5.74) is 0.108. The number of carbonyl (C=O) groups is 2. The zero-order chi connectivity index (χ0) is 23.8. The minimum absolute atomic E-state index is 0.0887. The molecule has 1 aromatic heterocycles. The van der Waals surface area contributed by atoms with Gasteiger partial charge in [0.15, 0.2) is 0 Å². The lowest BCUT2D eigenvalue weighted by molar-refractivity contribution is -0.137. The molecular formula is C24H27F3N2O4. The summed E-state index contributed by atoms with van der Waals surface area (Å²) in [5.74, 6) is -1.40. The number of carbonyl (C=O) groups excluding carboxylic acids is 1. The quantitative estimate of drug-likeness (QED) is 0.638. The van der Waals surface area contributed by atoms with Crippen LogP contribution in [-0.4, -0.2) is 40.8 Å². The first-order valence-corrected chi connectivity index (χ1v) is 11.2. The summed E-state index contributed by atoms with van der Waals surface area (Å²) in [6.07, 6.45) is 0.702. The fourth-order valence-electron chi connectivity index (χ4n) is 4.62. The molecule has 1 aliphatic carbocycles. The summed E-state index contributed by atoms with van der Waals surface area (Å²) in [4.78, 5) is 24.5. The summed E-state index contributed by atoms with van der Waals surface area (Å²) < 4.78 is 47.6. The molecule has 1 amide bonds. The number of amides is 1. The second-order valence-corrected chi connectivity index (χ2v) is 8.95. The molecule has 0 unspecified atom stereocenters. The largest absolute Gasteiger partial charge is 0.478 e. The van der Waals surface area contributed by atoms with Gasteiger partial charge in [-0.3, -0.25) is 4.79 Å². The molecule has 178 valence electrons. The fraction of sp³-hybridized carbons (Fsp3) is 0.500. The number of carboxylic acids is 1. The Morgan fingerprint density at radius 1 is 1.12 bits per heavy atom. The van der Waals surface area contributed by atoms with Crippen LogP contribution in [0.2, 0.25) is 0 Å². The molecular weight excluding hydrogens is 437 g/mol. The van der Waals surface area contributed by atoms with E-state index in [0.29, 0.717) is 48.7 Å². The van der Waals surface area contributed by atoms with Crippen LogP contribution in [0, 0.1) is 12.8 Å². The van der Waals surface area contributed by atoms with Gasteiger partial charge in [0, 0.05) is 17.9 Å². The van der Waals surface area contributed by atoms with E-state index in [1.165, 1.54) is 12.5 Å². The highest BCUT2D eigenvalue weighted by molar-refractivity contribution is 5.97. The van der Waals surface area contributed by atoms with E-state index in [0.717, 1.165) is 31.7 Å². The van der Waals surface area contributed by atoms with Crippen molar-refractivity contribution < 1.29 is 32.6 Å². The van der Waals surface area contributed by atoms with Crippen LogP contribution in [0.1, 0.15) is 64.1 Å². The normalized spacial score (nSPS) is 17.6. The van der Waals surface area contributed by atoms with E-state index >= 15 is 0 Å². The Labute approximate surface area is 189 Å². The standard InChI is InChI=1S/C24H27F3N2O4/c1-14-20(22(30)28-19-12-33-13-19)10-21(29(14)11-15-5-3-2-4-6-15)16-7-17(23(31)32)9-18(8-16)24(25,26)27/h7-10,15,19H,2-6,11-13H2,1H3,(H,28,30)(H,31,32). The van der Waals surface area contributed by atoms with Crippen LogP contribution in [0.5, 0.6) is 0 Å². The smallest absolute Gasteiger partial charge is 0.416 e. The SMILES string of the molecule is Cc1c(C(=O)NC2COC2)cc(-c2cc(C(=O)O)cc(C(F)(F)F)c2)n1CC1CCCCC1. The second-order valence-electron chi connectivity index (χ2n) is 8.95. The highest BCUT2D eigenvalue weighted by atomic mass is 19.4. The predicted molar refractivity (Wildman–Crippen MR) is 115 cm³/mol. The average molecular weight is 464 g/mol. The molecule has 2 N–H and O–H groups in total. The van der Waals surface area contributed by atoms with Crippen molar-refractivity contribution in [2.75, 3.05) is 13.2 Å². The lowest BCUT2D eigenvalue weighted by Crippen LogP contribution is -2.48. The Morgan fingerprint density at radius 2 is 1.82 bits per heavy atom. The van der Waals surface area contributed by atoms with Gasteiger partial charge in [-0.05, 0) is 55.5 Å². The summed E-state index contributed by atoms with van der Waals surface area (Å²) in [7, 11) is 0. The van der Waals surface area contributed by atoms with Crippen LogP contribution in [0.4, 0.5) is 13.2 Å². The summed E-state index contributed by atoms with van der Waals surface area (Å²) in [5, 5.41) is 12.3. The van der Waals surface area contributed by atoms with Gasteiger partial charge in [0.25, 0.3) is 5.91 Å². The van der Waals surface area contributed by atoms with Crippen molar-refractivity contribution >= 4 is 11.9 Å². The number of nitrogens with one attached hydrogen (secondary N) is 1. The third-order valence-corrected chi connectivity index (χ3v) is 6.55. The molecule has 9 heteroatoms. The second kappa shape index (κ2) is 9.21. The molecule has 0 radical (unpaired) electrons. The lowest BCUT2D eigenvalue weighted by Gasteiger charge is -2.27. The number of nitrogens with zero attached hydrogens (tertiary/aromatic N) is 1. The molecule has 1 saturated carbocycles. The van der Waals surface area contributed by atoms with Crippen LogP contribution in [0.25, 0.3) is 11.3 Å². The van der Waals surface area contributed by atoms with E-state index in [-0.39, 0.29) is 17.5 Å². The van der Waals surface area contributed by atoms with E-state index in [1.807, 2.05) is 4.57 Å². The van der Waals surface area contributed by atoms with Crippen LogP contribution in [0.3, 0.4) is 0 Å². The van der Waals surface area contributed by atoms with Gasteiger partial charge in [-0.1, -0.05) is 19.3 Å². The Hall–Kier alpha value is -2.81. The highest BCUT2D eigenvalue weighted by Gasteiger charge is 2.33. The molecule has 2 fully saturated rings. The number of benzene rings is 1. The molecule has 2 aromatic rings. The van der Waals surface area contributed by atoms with E-state index in [9.17, 15) is 27.9 Å². The van der Waals surface area contributed by atoms with Crippen LogP contribution < -0.4 is 5.32 Å². The highest BCUT2D eigenvalue weighted by Crippen LogP contribution is 2.36. The molecule has 0 spiro atoms. The zero-order valence-electron chi connectivity index (χ0n) is 18.4. The van der Waals surface area contributed by atoms with E-state index in [4.69, 9.17) is 4.74 Å². The summed E-state index contributed by atoms with van der Waals surface area (Å²) >= 11 is 0. The summed E-state index contributed by atoms with van der Waals surface area (Å²) in [6, 6.07) is 4.32. The first-order chi connectivity index (χ1) is 15.6. The molecule has 2 aliphatic rings. The van der Waals surface area contributed by atoms with Gasteiger partial charge < -0.3 is 19.7 Å². The first kappa shape index (κ1) is 23.4. The Kier molecular flexibility index (Phi) is 6.52. The monoisotopic (exact) mass is 464 g/mol. The van der Waals surface area contributed by atoms with Gasteiger partial charge in [-0.2, -0.15) is 13.2 Å². The number of aromatic nitrogens is 1. The number of carboxylic acid groups (broad SMARTS) is 1. The Morgan fingerprint density at radius 3 is 2.39 bits per heavy atom. The Bertz CT molecular complexity index is 1050. The first-order valence-electron chi connectivity index (χ1n) is 11.2. The molecule has 0 bridgehead atoms. The van der Waals surface area contributed by atoms with Gasteiger partial charge in [-0.25, -0.2) is 4.79 Å². The van der Waals surface area contributed by atoms with E-state index in [1.54, 1.807) is 13.0 Å². The van der Waals surface area contributed by atoms with Crippen LogP contribution >= 0.6 is 0 Å². The molecule has 33 heavy (non-hydrogen) atoms. The van der Waals surface area contributed by atoms with Crippen LogP contribution in [-0.2, 0) is 17.5 Å². The number of ether oxygens (including phenoxy) is 1. The van der Waals surface area contributed by atoms with Gasteiger partial charge in [0.1, 0.15) is 0 Å². The zero-order valence-corrected chi connectivity index (χ0v) is 18.4. The molecule has 4 rings (SSSR count). The number of aromatic carboxylic acids is 1. The van der Waals surface area contributed by atoms with Gasteiger partial charge in [0.05, 0.1) is 35.9 Å². The summed E-state index contributed by atoms with van der Waals surface area (Å²) in [6.45, 7) is 3.20.